The number of ketones is 1. The van der Waals surface area contributed by atoms with Crippen molar-refractivity contribution in [1.29, 1.82) is 0 Å². The molecule has 0 amide bonds. The van der Waals surface area contributed by atoms with E-state index in [0.29, 0.717) is 40.2 Å². The highest BCUT2D eigenvalue weighted by Gasteiger charge is 2.18. The van der Waals surface area contributed by atoms with Crippen LogP contribution < -0.4 is 0 Å². The van der Waals surface area contributed by atoms with Crippen molar-refractivity contribution >= 4 is 97.5 Å². The molecule has 2 heterocycles. The quantitative estimate of drug-likeness (QED) is 0.114. The Hall–Kier alpha value is -3.31. The molecule has 6 rings (SSSR count). The molecule has 4 aromatic carbocycles. The molecule has 0 aliphatic rings. The fourth-order valence-electron chi connectivity index (χ4n) is 4.76. The van der Waals surface area contributed by atoms with Gasteiger partial charge in [-0.3, -0.25) is 4.79 Å². The lowest BCUT2D eigenvalue weighted by Crippen LogP contribution is -2.06. The summed E-state index contributed by atoms with van der Waals surface area (Å²) in [5, 5.41) is 32.1. The number of carbonyl (C=O) groups is 1. The van der Waals surface area contributed by atoms with E-state index in [1.807, 2.05) is 12.1 Å². The van der Waals surface area contributed by atoms with Gasteiger partial charge < -0.3 is 24.2 Å². The van der Waals surface area contributed by atoms with Gasteiger partial charge in [-0.1, -0.05) is 12.1 Å². The molecule has 6 nitrogen and oxygen atoms in total. The Morgan fingerprint density at radius 1 is 0.690 bits per heavy atom. The van der Waals surface area contributed by atoms with E-state index < -0.39 is 5.78 Å². The number of phenolic OH excluding ortho intramolecular Hbond substituents is 2. The zero-order chi connectivity index (χ0) is 29.7. The minimum Gasteiger partial charge on any atom is -0.507 e. The molecule has 0 bridgehead atoms. The average Bonchev–Trinajstić information content (AvgIpc) is 3.57. The summed E-state index contributed by atoms with van der Waals surface area (Å²) in [5.41, 5.74) is 5.78. The van der Waals surface area contributed by atoms with Gasteiger partial charge in [-0.15, -0.1) is 0 Å². The summed E-state index contributed by atoms with van der Waals surface area (Å²) in [5.74, 6) is -0.581. The number of hydrogen-bond donors (Lipinski definition) is 3. The lowest BCUT2D eigenvalue weighted by Gasteiger charge is -2.06. The second-order valence-corrected chi connectivity index (χ2v) is 13.0. The van der Waals surface area contributed by atoms with Crippen LogP contribution in [-0.2, 0) is 11.2 Å². The number of rotatable bonds is 6. The molecule has 42 heavy (non-hydrogen) atoms. The van der Waals surface area contributed by atoms with Crippen LogP contribution in [0.15, 0.2) is 106 Å². The fourth-order valence-corrected chi connectivity index (χ4v) is 6.69. The van der Waals surface area contributed by atoms with Crippen LogP contribution in [0.5, 0.6) is 11.5 Å². The molecule has 2 aromatic heterocycles. The first-order valence-corrected chi connectivity index (χ1v) is 15.6. The molecule has 0 saturated carbocycles. The first kappa shape index (κ1) is 28.8. The summed E-state index contributed by atoms with van der Waals surface area (Å²) >= 11 is 13.8. The highest BCUT2D eigenvalue weighted by atomic mass is 79.9. The number of hydrogen-bond acceptors (Lipinski definition) is 6. The van der Waals surface area contributed by atoms with E-state index >= 15 is 0 Å². The number of furan rings is 2. The maximum absolute atomic E-state index is 13.1. The predicted octanol–water partition coefficient (Wildman–Crippen LogP) is 10.7. The van der Waals surface area contributed by atoms with Crippen molar-refractivity contribution in [3.05, 3.63) is 108 Å². The van der Waals surface area contributed by atoms with Gasteiger partial charge in [-0.05, 0) is 141 Å². The number of allylic oxidation sites excluding steroid dienone is 1. The first-order chi connectivity index (χ1) is 20.1. The Morgan fingerprint density at radius 3 is 1.76 bits per heavy atom. The molecule has 0 saturated heterocycles. The summed E-state index contributed by atoms with van der Waals surface area (Å²) in [7, 11) is 0. The van der Waals surface area contributed by atoms with Crippen LogP contribution in [0.1, 0.15) is 11.1 Å². The number of aliphatic hydroxyl groups is 1. The molecule has 0 atom stereocenters. The van der Waals surface area contributed by atoms with Gasteiger partial charge >= 0.3 is 0 Å². The van der Waals surface area contributed by atoms with E-state index in [1.54, 1.807) is 61.1 Å². The Balaban J connectivity index is 1.31. The zero-order valence-corrected chi connectivity index (χ0v) is 27.6. The van der Waals surface area contributed by atoms with Gasteiger partial charge in [-0.25, -0.2) is 0 Å². The molecule has 0 radical (unpaired) electrons. The van der Waals surface area contributed by atoms with Crippen molar-refractivity contribution in [1.82, 2.24) is 0 Å². The summed E-state index contributed by atoms with van der Waals surface area (Å²) in [6, 6.07) is 17.6. The lowest BCUT2D eigenvalue weighted by molar-refractivity contribution is -0.117. The van der Waals surface area contributed by atoms with Gasteiger partial charge in [0.1, 0.15) is 22.7 Å². The molecule has 0 fully saturated rings. The molecule has 0 unspecified atom stereocenters. The Bertz CT molecular complexity index is 2070. The second kappa shape index (κ2) is 11.4. The zero-order valence-electron chi connectivity index (χ0n) is 21.3. The summed E-state index contributed by atoms with van der Waals surface area (Å²) in [6.07, 6.45) is 4.65. The van der Waals surface area contributed by atoms with Gasteiger partial charge in [0.25, 0.3) is 0 Å². The van der Waals surface area contributed by atoms with E-state index in [-0.39, 0.29) is 23.7 Å². The Morgan fingerprint density at radius 2 is 1.21 bits per heavy atom. The summed E-state index contributed by atoms with van der Waals surface area (Å²) in [4.78, 5) is 13.1. The highest BCUT2D eigenvalue weighted by Crippen LogP contribution is 2.40. The van der Waals surface area contributed by atoms with Crippen LogP contribution in [-0.4, -0.2) is 21.1 Å². The SMILES string of the molecule is O=C(Cc1cc(Br)c2occ(-c3ccc(O)c(Br)c3)c2c1)/C(O)=C/c1cc(Br)c2occ(-c3ccc(O)c(Br)c3)c2c1. The monoisotopic (exact) mass is 814 g/mol. The fraction of sp³-hybridized carbons (Fsp3) is 0.0312. The molecule has 6 aromatic rings. The number of carbonyl (C=O) groups excluding carboxylic acids is 1. The standard InChI is InChI=1S/C32H18Br4O6/c33-23-11-17(1-3-27(23)37)21-13-41-31-19(21)5-15(7-25(31)35)9-29(39)30(40)10-16-6-20-22(14-42-32(20)26(36)8-16)18-2-4-28(38)24(34)12-18/h1-9,11-14,37-39H,10H2/b29-9-. The minimum absolute atomic E-state index is 0.0390. The average molecular weight is 818 g/mol. The molecule has 3 N–H and O–H groups in total. The summed E-state index contributed by atoms with van der Waals surface area (Å²) < 4.78 is 14.0. The third-order valence-electron chi connectivity index (χ3n) is 6.81. The number of fused-ring (bicyclic) bond motifs is 2. The van der Waals surface area contributed by atoms with Gasteiger partial charge in [0.05, 0.1) is 30.4 Å². The second-order valence-electron chi connectivity index (χ2n) is 9.59. The normalized spacial score (nSPS) is 12.0. The molecule has 210 valence electrons. The number of halogens is 4. The van der Waals surface area contributed by atoms with Crippen molar-refractivity contribution in [3.8, 4) is 33.8 Å². The van der Waals surface area contributed by atoms with Crippen molar-refractivity contribution in [2.45, 2.75) is 6.42 Å². The number of benzene rings is 4. The van der Waals surface area contributed by atoms with E-state index in [0.717, 1.165) is 33.0 Å². The largest absolute Gasteiger partial charge is 0.507 e. The number of Topliss-reactive ketones (excluding diaryl/α,β-unsaturated/α-hetero) is 1. The van der Waals surface area contributed by atoms with Gasteiger partial charge in [0.2, 0.25) is 5.78 Å². The van der Waals surface area contributed by atoms with E-state index in [2.05, 4.69) is 63.7 Å². The number of aromatic hydroxyl groups is 2. The van der Waals surface area contributed by atoms with Crippen LogP contribution in [0, 0.1) is 0 Å². The minimum atomic E-state index is -0.454. The van der Waals surface area contributed by atoms with E-state index in [1.165, 1.54) is 6.08 Å². The van der Waals surface area contributed by atoms with Crippen molar-refractivity contribution in [2.75, 3.05) is 0 Å². The number of phenols is 2. The van der Waals surface area contributed by atoms with E-state index in [4.69, 9.17) is 8.83 Å². The van der Waals surface area contributed by atoms with E-state index in [9.17, 15) is 20.1 Å². The molecule has 0 aliphatic heterocycles. The lowest BCUT2D eigenvalue weighted by atomic mass is 10.00. The third-order valence-corrected chi connectivity index (χ3v) is 9.26. The van der Waals surface area contributed by atoms with Crippen LogP contribution in [0.3, 0.4) is 0 Å². The van der Waals surface area contributed by atoms with Crippen LogP contribution in [0.2, 0.25) is 0 Å². The smallest absolute Gasteiger partial charge is 0.201 e. The Kier molecular flexibility index (Phi) is 7.82. The van der Waals surface area contributed by atoms with Crippen molar-refractivity contribution in [3.63, 3.8) is 0 Å². The van der Waals surface area contributed by atoms with Crippen molar-refractivity contribution in [2.24, 2.45) is 0 Å². The highest BCUT2D eigenvalue weighted by molar-refractivity contribution is 9.11. The van der Waals surface area contributed by atoms with Crippen LogP contribution in [0.25, 0.3) is 50.3 Å². The molecule has 0 aliphatic carbocycles. The molecular weight excluding hydrogens is 800 g/mol. The van der Waals surface area contributed by atoms with Crippen LogP contribution >= 0.6 is 63.7 Å². The van der Waals surface area contributed by atoms with Crippen LogP contribution in [0.4, 0.5) is 0 Å². The van der Waals surface area contributed by atoms with Crippen molar-refractivity contribution < 1.29 is 28.9 Å². The molecule has 0 spiro atoms. The third kappa shape index (κ3) is 5.44. The van der Waals surface area contributed by atoms with Gasteiger partial charge in [0, 0.05) is 28.3 Å². The summed E-state index contributed by atoms with van der Waals surface area (Å²) in [6.45, 7) is 0. The first-order valence-electron chi connectivity index (χ1n) is 12.4. The van der Waals surface area contributed by atoms with Gasteiger partial charge in [0.15, 0.2) is 5.76 Å². The van der Waals surface area contributed by atoms with Gasteiger partial charge in [-0.2, -0.15) is 0 Å². The maximum atomic E-state index is 13.1. The predicted molar refractivity (Wildman–Crippen MR) is 177 cm³/mol. The molecular formula is C32H18Br4O6. The maximum Gasteiger partial charge on any atom is 0.201 e. The Labute approximate surface area is 272 Å². The molecule has 10 heteroatoms. The topological polar surface area (TPSA) is 104 Å². The number of aliphatic hydroxyl groups excluding tert-OH is 1.